The Morgan fingerprint density at radius 2 is 2.00 bits per heavy atom. The van der Waals surface area contributed by atoms with Gasteiger partial charge in [-0.25, -0.2) is 0 Å². The van der Waals surface area contributed by atoms with Crippen LogP contribution in [-0.2, 0) is 5.75 Å². The van der Waals surface area contributed by atoms with Crippen LogP contribution in [-0.4, -0.2) is 30.5 Å². The highest BCUT2D eigenvalue weighted by molar-refractivity contribution is 7.98. The monoisotopic (exact) mass is 410 g/mol. The van der Waals surface area contributed by atoms with Gasteiger partial charge in [-0.05, 0) is 31.2 Å². The van der Waals surface area contributed by atoms with Crippen molar-refractivity contribution in [2.75, 3.05) is 18.4 Å². The molecule has 1 amide bonds. The maximum atomic E-state index is 12.6. The molecular formula is C21H22N4O3S. The smallest absolute Gasteiger partial charge is 0.252 e. The number of thioether (sulfide) groups is 1. The first-order chi connectivity index (χ1) is 14.2. The van der Waals surface area contributed by atoms with Crippen molar-refractivity contribution in [3.8, 4) is 5.75 Å². The van der Waals surface area contributed by atoms with Crippen molar-refractivity contribution in [2.45, 2.75) is 23.9 Å². The molecular weight excluding hydrogens is 388 g/mol. The lowest BCUT2D eigenvalue weighted by atomic mass is 10.2. The number of amides is 1. The number of nitrogens with one attached hydrogen (secondary N) is 3. The van der Waals surface area contributed by atoms with E-state index in [1.54, 1.807) is 11.8 Å². The lowest BCUT2D eigenvalue weighted by molar-refractivity contribution is 0.0948. The van der Waals surface area contributed by atoms with Gasteiger partial charge in [0.05, 0.1) is 22.7 Å². The van der Waals surface area contributed by atoms with Crippen LogP contribution in [0.5, 0.6) is 5.75 Å². The van der Waals surface area contributed by atoms with E-state index in [0.29, 0.717) is 24.4 Å². The predicted octanol–water partition coefficient (Wildman–Crippen LogP) is 3.38. The van der Waals surface area contributed by atoms with E-state index in [0.717, 1.165) is 27.8 Å². The molecule has 7 nitrogen and oxygen atoms in total. The van der Waals surface area contributed by atoms with E-state index < -0.39 is 0 Å². The summed E-state index contributed by atoms with van der Waals surface area (Å²) in [6.07, 6.45) is -0.294. The number of hydrogen-bond donors (Lipinski definition) is 3. The van der Waals surface area contributed by atoms with Crippen LogP contribution in [0.1, 0.15) is 21.8 Å². The van der Waals surface area contributed by atoms with Crippen molar-refractivity contribution in [1.82, 2.24) is 15.8 Å². The van der Waals surface area contributed by atoms with Gasteiger partial charge >= 0.3 is 0 Å². The molecule has 1 aliphatic heterocycles. The summed E-state index contributed by atoms with van der Waals surface area (Å²) < 4.78 is 11.0. The summed E-state index contributed by atoms with van der Waals surface area (Å²) in [4.78, 5) is 13.5. The van der Waals surface area contributed by atoms with E-state index in [2.05, 4.69) is 21.1 Å². The van der Waals surface area contributed by atoms with E-state index in [9.17, 15) is 4.79 Å². The number of anilines is 1. The zero-order valence-corrected chi connectivity index (χ0v) is 16.8. The van der Waals surface area contributed by atoms with E-state index >= 15 is 0 Å². The quantitative estimate of drug-likeness (QED) is 0.387. The van der Waals surface area contributed by atoms with Gasteiger partial charge < -0.3 is 19.9 Å². The molecule has 0 spiro atoms. The van der Waals surface area contributed by atoms with Crippen LogP contribution in [0.25, 0.3) is 0 Å². The number of nitrogens with zero attached hydrogens (tertiary/aromatic N) is 1. The highest BCUT2D eigenvalue weighted by Gasteiger charge is 2.20. The molecule has 1 atom stereocenters. The molecule has 1 unspecified atom stereocenters. The maximum Gasteiger partial charge on any atom is 0.252 e. The highest BCUT2D eigenvalue weighted by atomic mass is 32.2. The summed E-state index contributed by atoms with van der Waals surface area (Å²) in [5.74, 6) is 2.13. The molecule has 0 radical (unpaired) electrons. The van der Waals surface area contributed by atoms with Crippen molar-refractivity contribution in [3.05, 3.63) is 71.6 Å². The standard InChI is InChI=1S/C21H22N4O3S/c1-14-12-15(28-25-14)13-29-19-9-5-2-6-16(19)20(26)22-10-11-23-21-24-17-7-3-4-8-18(17)27-21/h2-9,12,21,23-24H,10-11,13H2,1H3,(H,22,26). The van der Waals surface area contributed by atoms with Gasteiger partial charge in [0.15, 0.2) is 0 Å². The molecule has 0 saturated heterocycles. The number of hydrogen-bond acceptors (Lipinski definition) is 7. The van der Waals surface area contributed by atoms with Crippen molar-refractivity contribution >= 4 is 23.4 Å². The minimum absolute atomic E-state index is 0.104. The predicted molar refractivity (Wildman–Crippen MR) is 112 cm³/mol. The molecule has 1 aromatic heterocycles. The van der Waals surface area contributed by atoms with E-state index in [1.807, 2.05) is 61.5 Å². The van der Waals surface area contributed by atoms with Crippen molar-refractivity contribution in [3.63, 3.8) is 0 Å². The first-order valence-corrected chi connectivity index (χ1v) is 10.4. The van der Waals surface area contributed by atoms with Gasteiger partial charge in [-0.15, -0.1) is 11.8 Å². The first-order valence-electron chi connectivity index (χ1n) is 9.37. The molecule has 2 aromatic carbocycles. The third kappa shape index (κ3) is 4.90. The average molecular weight is 410 g/mol. The molecule has 3 N–H and O–H groups in total. The summed E-state index contributed by atoms with van der Waals surface area (Å²) in [6, 6.07) is 17.2. The molecule has 1 aliphatic rings. The third-order valence-corrected chi connectivity index (χ3v) is 5.43. The molecule has 0 saturated carbocycles. The Hall–Kier alpha value is -2.97. The second-order valence-electron chi connectivity index (χ2n) is 6.57. The number of aromatic nitrogens is 1. The second-order valence-corrected chi connectivity index (χ2v) is 7.59. The molecule has 3 aromatic rings. The van der Waals surface area contributed by atoms with Crippen molar-refractivity contribution in [2.24, 2.45) is 0 Å². The molecule has 0 bridgehead atoms. The van der Waals surface area contributed by atoms with E-state index in [-0.39, 0.29) is 12.3 Å². The highest BCUT2D eigenvalue weighted by Crippen LogP contribution is 2.30. The number of benzene rings is 2. The van der Waals surface area contributed by atoms with Gasteiger partial charge in [-0.3, -0.25) is 10.1 Å². The number of aryl methyl sites for hydroxylation is 1. The fraction of sp³-hybridized carbons (Fsp3) is 0.238. The average Bonchev–Trinajstić information content (AvgIpc) is 3.35. The van der Waals surface area contributed by atoms with Crippen LogP contribution in [0.4, 0.5) is 5.69 Å². The van der Waals surface area contributed by atoms with Crippen LogP contribution >= 0.6 is 11.8 Å². The van der Waals surface area contributed by atoms with Crippen molar-refractivity contribution < 1.29 is 14.1 Å². The zero-order chi connectivity index (χ0) is 20.1. The summed E-state index contributed by atoms with van der Waals surface area (Å²) in [5.41, 5.74) is 2.46. The maximum absolute atomic E-state index is 12.6. The Kier molecular flexibility index (Phi) is 6.02. The fourth-order valence-corrected chi connectivity index (χ4v) is 3.89. The molecule has 2 heterocycles. The van der Waals surface area contributed by atoms with Gasteiger partial charge in [-0.2, -0.15) is 0 Å². The largest absolute Gasteiger partial charge is 0.455 e. The van der Waals surface area contributed by atoms with Crippen LogP contribution in [0, 0.1) is 6.92 Å². The summed E-state index contributed by atoms with van der Waals surface area (Å²) >= 11 is 1.55. The normalized spacial score (nSPS) is 14.7. The molecule has 150 valence electrons. The number of rotatable bonds is 8. The van der Waals surface area contributed by atoms with Crippen molar-refractivity contribution in [1.29, 1.82) is 0 Å². The summed E-state index contributed by atoms with van der Waals surface area (Å²) in [6.45, 7) is 2.94. The Bertz CT molecular complexity index is 966. The molecule has 4 rings (SSSR count). The number of ether oxygens (including phenoxy) is 1. The molecule has 0 aliphatic carbocycles. The lowest BCUT2D eigenvalue weighted by Gasteiger charge is -2.14. The topological polar surface area (TPSA) is 88.4 Å². The van der Waals surface area contributed by atoms with Crippen LogP contribution in [0.3, 0.4) is 0 Å². The number of fused-ring (bicyclic) bond motifs is 1. The minimum Gasteiger partial charge on any atom is -0.455 e. The van der Waals surface area contributed by atoms with Crippen LogP contribution in [0.15, 0.2) is 64.0 Å². The number of carbonyl (C=O) groups excluding carboxylic acids is 1. The number of carbonyl (C=O) groups is 1. The van der Waals surface area contributed by atoms with Gasteiger partial charge in [0, 0.05) is 24.1 Å². The van der Waals surface area contributed by atoms with Crippen LogP contribution in [0.2, 0.25) is 0 Å². The Morgan fingerprint density at radius 3 is 2.83 bits per heavy atom. The van der Waals surface area contributed by atoms with Crippen LogP contribution < -0.4 is 20.7 Å². The Morgan fingerprint density at radius 1 is 1.17 bits per heavy atom. The molecule has 8 heteroatoms. The zero-order valence-electron chi connectivity index (χ0n) is 16.0. The third-order valence-electron chi connectivity index (χ3n) is 4.34. The van der Waals surface area contributed by atoms with E-state index in [1.165, 1.54) is 0 Å². The fourth-order valence-electron chi connectivity index (χ4n) is 2.97. The second kappa shape index (κ2) is 9.02. The SMILES string of the molecule is Cc1cc(CSc2ccccc2C(=O)NCCNC2Nc3ccccc3O2)on1. The lowest BCUT2D eigenvalue weighted by Crippen LogP contribution is -2.42. The van der Waals surface area contributed by atoms with Gasteiger partial charge in [0.2, 0.25) is 6.35 Å². The summed E-state index contributed by atoms with van der Waals surface area (Å²) in [7, 11) is 0. The van der Waals surface area contributed by atoms with Gasteiger partial charge in [-0.1, -0.05) is 29.4 Å². The Labute approximate surface area is 173 Å². The van der Waals surface area contributed by atoms with Gasteiger partial charge in [0.1, 0.15) is 11.5 Å². The minimum atomic E-state index is -0.294. The van der Waals surface area contributed by atoms with Gasteiger partial charge in [0.25, 0.3) is 5.91 Å². The number of para-hydroxylation sites is 2. The first kappa shape index (κ1) is 19.4. The molecule has 0 fully saturated rings. The molecule has 29 heavy (non-hydrogen) atoms. The van der Waals surface area contributed by atoms with E-state index in [4.69, 9.17) is 9.26 Å². The Balaban J connectivity index is 1.25. The summed E-state index contributed by atoms with van der Waals surface area (Å²) in [5, 5.41) is 13.3.